The number of hydrogen-bond donors (Lipinski definition) is 1. The fourth-order valence-corrected chi connectivity index (χ4v) is 3.53. The van der Waals surface area contributed by atoms with Crippen LogP contribution in [0.4, 0.5) is 5.82 Å². The van der Waals surface area contributed by atoms with Crippen LogP contribution >= 0.6 is 0 Å². The largest absolute Gasteiger partial charge is 0.355 e. The van der Waals surface area contributed by atoms with E-state index in [1.165, 1.54) is 5.56 Å². The van der Waals surface area contributed by atoms with Gasteiger partial charge in [-0.1, -0.05) is 29.8 Å². The maximum atomic E-state index is 12.7. The lowest BCUT2D eigenvalue weighted by molar-refractivity contribution is -0.126. The van der Waals surface area contributed by atoms with Crippen LogP contribution in [-0.4, -0.2) is 38.8 Å². The van der Waals surface area contributed by atoms with Crippen LogP contribution in [0, 0.1) is 12.8 Å². The molecule has 1 fully saturated rings. The van der Waals surface area contributed by atoms with Crippen LogP contribution in [0.3, 0.4) is 0 Å². The summed E-state index contributed by atoms with van der Waals surface area (Å²) in [6, 6.07) is 12.2. The van der Waals surface area contributed by atoms with E-state index >= 15 is 0 Å². The normalized spacial score (nSPS) is 16.4. The molecule has 0 unspecified atom stereocenters. The van der Waals surface area contributed by atoms with Crippen LogP contribution in [-0.2, 0) is 4.79 Å². The Morgan fingerprint density at radius 1 is 1.15 bits per heavy atom. The summed E-state index contributed by atoms with van der Waals surface area (Å²) in [4.78, 5) is 14.9. The Kier molecular flexibility index (Phi) is 4.75. The number of aryl methyl sites for hydroxylation is 1. The Bertz CT molecular complexity index is 927. The molecule has 1 N–H and O–H groups in total. The standard InChI is InChI=1S/C20H24N6O/c1-14-3-5-16(6-4-14)15(2)22-20(27)17-9-11-25(12-10-17)19-8-7-18-23-21-13-26(18)24-19/h3-8,13,15,17H,9-12H2,1-2H3,(H,22,27)/t15-/m1/s1. The predicted molar refractivity (Wildman–Crippen MR) is 103 cm³/mol. The Morgan fingerprint density at radius 2 is 1.89 bits per heavy atom. The Balaban J connectivity index is 1.34. The van der Waals surface area contributed by atoms with Gasteiger partial charge in [0.25, 0.3) is 0 Å². The molecule has 1 aliphatic heterocycles. The molecule has 1 aromatic carbocycles. The first-order valence-electron chi connectivity index (χ1n) is 9.39. The number of rotatable bonds is 4. The van der Waals surface area contributed by atoms with Crippen LogP contribution in [0.2, 0.25) is 0 Å². The van der Waals surface area contributed by atoms with Crippen molar-refractivity contribution in [2.24, 2.45) is 5.92 Å². The van der Waals surface area contributed by atoms with E-state index in [0.29, 0.717) is 0 Å². The molecule has 3 heterocycles. The maximum Gasteiger partial charge on any atom is 0.223 e. The first-order chi connectivity index (χ1) is 13.1. The van der Waals surface area contributed by atoms with Crippen LogP contribution in [0.5, 0.6) is 0 Å². The van der Waals surface area contributed by atoms with Crippen molar-refractivity contribution < 1.29 is 4.79 Å². The number of carbonyl (C=O) groups is 1. The van der Waals surface area contributed by atoms with E-state index in [4.69, 9.17) is 0 Å². The molecule has 1 saturated heterocycles. The number of piperidine rings is 1. The third-order valence-electron chi connectivity index (χ3n) is 5.27. The van der Waals surface area contributed by atoms with E-state index in [9.17, 15) is 4.79 Å². The molecule has 1 atom stereocenters. The SMILES string of the molecule is Cc1ccc([C@@H](C)NC(=O)C2CCN(c3ccc4nncn4n3)CC2)cc1. The van der Waals surface area contributed by atoms with E-state index in [1.807, 2.05) is 19.1 Å². The predicted octanol–water partition coefficient (Wildman–Crippen LogP) is 2.53. The lowest BCUT2D eigenvalue weighted by Gasteiger charge is -2.32. The first kappa shape index (κ1) is 17.5. The average molecular weight is 364 g/mol. The molecule has 1 aliphatic rings. The number of carbonyl (C=O) groups excluding carboxylic acids is 1. The summed E-state index contributed by atoms with van der Waals surface area (Å²) in [7, 11) is 0. The Hall–Kier alpha value is -2.96. The minimum absolute atomic E-state index is 0.0222. The van der Waals surface area contributed by atoms with E-state index in [-0.39, 0.29) is 17.9 Å². The number of nitrogens with zero attached hydrogens (tertiary/aromatic N) is 5. The zero-order valence-electron chi connectivity index (χ0n) is 15.7. The van der Waals surface area contributed by atoms with Gasteiger partial charge in [-0.15, -0.1) is 15.3 Å². The third-order valence-corrected chi connectivity index (χ3v) is 5.27. The molecular weight excluding hydrogens is 340 g/mol. The maximum absolute atomic E-state index is 12.7. The number of aromatic nitrogens is 4. The summed E-state index contributed by atoms with van der Waals surface area (Å²) in [6.45, 7) is 5.74. The molecule has 1 amide bonds. The van der Waals surface area contributed by atoms with Gasteiger partial charge in [-0.2, -0.15) is 4.52 Å². The zero-order valence-corrected chi connectivity index (χ0v) is 15.7. The van der Waals surface area contributed by atoms with Crippen molar-refractivity contribution in [2.75, 3.05) is 18.0 Å². The van der Waals surface area contributed by atoms with Gasteiger partial charge in [-0.05, 0) is 44.4 Å². The summed E-state index contributed by atoms with van der Waals surface area (Å²) in [6.07, 6.45) is 3.26. The van der Waals surface area contributed by atoms with Crippen molar-refractivity contribution in [3.05, 3.63) is 53.9 Å². The lowest BCUT2D eigenvalue weighted by Crippen LogP contribution is -2.41. The summed E-state index contributed by atoms with van der Waals surface area (Å²) in [5, 5.41) is 15.5. The van der Waals surface area contributed by atoms with Gasteiger partial charge in [0.15, 0.2) is 5.65 Å². The summed E-state index contributed by atoms with van der Waals surface area (Å²) < 4.78 is 1.68. The number of benzene rings is 1. The molecule has 0 radical (unpaired) electrons. The fourth-order valence-electron chi connectivity index (χ4n) is 3.53. The highest BCUT2D eigenvalue weighted by atomic mass is 16.1. The summed E-state index contributed by atoms with van der Waals surface area (Å²) in [5.74, 6) is 1.09. The minimum Gasteiger partial charge on any atom is -0.355 e. The second-order valence-electron chi connectivity index (χ2n) is 7.23. The van der Waals surface area contributed by atoms with Crippen molar-refractivity contribution in [3.8, 4) is 0 Å². The average Bonchev–Trinajstić information content (AvgIpc) is 3.16. The number of amides is 1. The van der Waals surface area contributed by atoms with Gasteiger partial charge in [0.2, 0.25) is 5.91 Å². The van der Waals surface area contributed by atoms with Gasteiger partial charge >= 0.3 is 0 Å². The quantitative estimate of drug-likeness (QED) is 0.770. The van der Waals surface area contributed by atoms with Crippen molar-refractivity contribution in [1.82, 2.24) is 25.1 Å². The zero-order chi connectivity index (χ0) is 18.8. The van der Waals surface area contributed by atoms with Gasteiger partial charge < -0.3 is 10.2 Å². The van der Waals surface area contributed by atoms with Crippen molar-refractivity contribution in [1.29, 1.82) is 0 Å². The number of nitrogens with one attached hydrogen (secondary N) is 1. The van der Waals surface area contributed by atoms with Gasteiger partial charge in [-0.25, -0.2) is 0 Å². The molecule has 0 bridgehead atoms. The molecule has 3 aromatic rings. The highest BCUT2D eigenvalue weighted by Crippen LogP contribution is 2.23. The molecule has 27 heavy (non-hydrogen) atoms. The van der Waals surface area contributed by atoms with Crippen molar-refractivity contribution in [3.63, 3.8) is 0 Å². The van der Waals surface area contributed by atoms with Gasteiger partial charge in [-0.3, -0.25) is 4.79 Å². The smallest absolute Gasteiger partial charge is 0.223 e. The molecule has 0 aliphatic carbocycles. The van der Waals surface area contributed by atoms with Crippen LogP contribution in [0.1, 0.15) is 36.9 Å². The molecule has 0 saturated carbocycles. The summed E-state index contributed by atoms with van der Waals surface area (Å²) in [5.41, 5.74) is 3.10. The molecular formula is C20H24N6O. The molecule has 140 valence electrons. The lowest BCUT2D eigenvalue weighted by atomic mass is 9.95. The number of hydrogen-bond acceptors (Lipinski definition) is 5. The Morgan fingerprint density at radius 3 is 2.63 bits per heavy atom. The minimum atomic E-state index is 0.0222. The Labute approximate surface area is 158 Å². The van der Waals surface area contributed by atoms with Crippen LogP contribution in [0.25, 0.3) is 5.65 Å². The van der Waals surface area contributed by atoms with Crippen LogP contribution in [0.15, 0.2) is 42.7 Å². The second-order valence-corrected chi connectivity index (χ2v) is 7.23. The first-order valence-corrected chi connectivity index (χ1v) is 9.39. The van der Waals surface area contributed by atoms with E-state index < -0.39 is 0 Å². The highest BCUT2D eigenvalue weighted by Gasteiger charge is 2.26. The molecule has 2 aromatic heterocycles. The summed E-state index contributed by atoms with van der Waals surface area (Å²) >= 11 is 0. The van der Waals surface area contributed by atoms with Crippen molar-refractivity contribution >= 4 is 17.4 Å². The number of fused-ring (bicyclic) bond motifs is 1. The number of anilines is 1. The monoisotopic (exact) mass is 364 g/mol. The van der Waals surface area contributed by atoms with E-state index in [0.717, 1.165) is 43.0 Å². The van der Waals surface area contributed by atoms with Crippen molar-refractivity contribution in [2.45, 2.75) is 32.7 Å². The molecule has 7 heteroatoms. The van der Waals surface area contributed by atoms with Gasteiger partial charge in [0.1, 0.15) is 12.1 Å². The highest BCUT2D eigenvalue weighted by molar-refractivity contribution is 5.79. The molecule has 7 nitrogen and oxygen atoms in total. The topological polar surface area (TPSA) is 75.4 Å². The van der Waals surface area contributed by atoms with E-state index in [1.54, 1.807) is 10.8 Å². The van der Waals surface area contributed by atoms with Crippen LogP contribution < -0.4 is 10.2 Å². The fraction of sp³-hybridized carbons (Fsp3) is 0.400. The van der Waals surface area contributed by atoms with Gasteiger partial charge in [0, 0.05) is 19.0 Å². The molecule has 4 rings (SSSR count). The molecule has 0 spiro atoms. The third kappa shape index (κ3) is 3.77. The second kappa shape index (κ2) is 7.34. The van der Waals surface area contributed by atoms with Gasteiger partial charge in [0.05, 0.1) is 6.04 Å². The van der Waals surface area contributed by atoms with E-state index in [2.05, 4.69) is 56.7 Å².